The summed E-state index contributed by atoms with van der Waals surface area (Å²) in [4.78, 5) is 14.2. The molecule has 5 nitrogen and oxygen atoms in total. The molecule has 0 heterocycles. The van der Waals surface area contributed by atoms with Crippen LogP contribution >= 0.6 is 0 Å². The van der Waals surface area contributed by atoms with E-state index in [2.05, 4.69) is 5.32 Å². The fourth-order valence-corrected chi connectivity index (χ4v) is 1.79. The highest BCUT2D eigenvalue weighted by Crippen LogP contribution is 2.21. The molecule has 0 spiro atoms. The fourth-order valence-electron chi connectivity index (χ4n) is 1.79. The van der Waals surface area contributed by atoms with Gasteiger partial charge in [-0.15, -0.1) is 0 Å². The quantitative estimate of drug-likeness (QED) is 0.765. The number of carbonyl (C=O) groups excluding carboxylic acids is 1. The topological polar surface area (TPSA) is 67.6 Å². The predicted molar refractivity (Wildman–Crippen MR) is 78.6 cm³/mol. The zero-order valence-electron chi connectivity index (χ0n) is 12.1. The highest BCUT2D eigenvalue weighted by Gasteiger charge is 2.15. The first-order valence-electron chi connectivity index (χ1n) is 6.32. The highest BCUT2D eigenvalue weighted by atomic mass is 16.5. The van der Waals surface area contributed by atoms with Crippen LogP contribution < -0.4 is 16.0 Å². The number of hydrogen-bond acceptors (Lipinski definition) is 4. The lowest BCUT2D eigenvalue weighted by atomic mass is 10.1. The Balaban J connectivity index is 2.83. The number of hydrogen-bond donors (Lipinski definition) is 2. The minimum atomic E-state index is -0.111. The maximum atomic E-state index is 12.3. The number of benzene rings is 1. The first-order valence-corrected chi connectivity index (χ1v) is 6.32. The molecule has 1 atom stereocenters. The van der Waals surface area contributed by atoms with Crippen molar-refractivity contribution < 1.29 is 9.53 Å². The Labute approximate surface area is 114 Å². The number of anilines is 2. The summed E-state index contributed by atoms with van der Waals surface area (Å²) in [6, 6.07) is 5.40. The number of nitrogens with zero attached hydrogens (tertiary/aromatic N) is 1. The Morgan fingerprint density at radius 2 is 2.16 bits per heavy atom. The second-order valence-electron chi connectivity index (χ2n) is 4.83. The van der Waals surface area contributed by atoms with Crippen LogP contribution in [0.3, 0.4) is 0 Å². The van der Waals surface area contributed by atoms with Gasteiger partial charge in [-0.25, -0.2) is 0 Å². The average molecular weight is 265 g/mol. The zero-order valence-corrected chi connectivity index (χ0v) is 12.1. The van der Waals surface area contributed by atoms with Crippen molar-refractivity contribution in [3.05, 3.63) is 23.8 Å². The van der Waals surface area contributed by atoms with E-state index < -0.39 is 0 Å². The van der Waals surface area contributed by atoms with E-state index in [1.807, 2.05) is 32.0 Å². The summed E-state index contributed by atoms with van der Waals surface area (Å²) in [6.45, 7) is 2.58. The SMILES string of the molecule is COCCC(C)NC(=O)c1cc(N)ccc1N(C)C. The molecule has 0 saturated carbocycles. The minimum absolute atomic E-state index is 0.0592. The summed E-state index contributed by atoms with van der Waals surface area (Å²) in [6.07, 6.45) is 0.780. The van der Waals surface area contributed by atoms with Crippen LogP contribution in [-0.2, 0) is 4.74 Å². The molecule has 5 heteroatoms. The van der Waals surface area contributed by atoms with Crippen LogP contribution in [0.4, 0.5) is 11.4 Å². The van der Waals surface area contributed by atoms with Crippen LogP contribution in [0.2, 0.25) is 0 Å². The van der Waals surface area contributed by atoms with E-state index in [0.29, 0.717) is 17.9 Å². The van der Waals surface area contributed by atoms with Gasteiger partial charge in [-0.3, -0.25) is 4.79 Å². The van der Waals surface area contributed by atoms with E-state index in [0.717, 1.165) is 12.1 Å². The Kier molecular flexibility index (Phi) is 5.63. The Hall–Kier alpha value is -1.75. The standard InChI is InChI=1S/C14H23N3O2/c1-10(7-8-19-4)16-14(18)12-9-11(15)5-6-13(12)17(2)3/h5-6,9-10H,7-8,15H2,1-4H3,(H,16,18). The van der Waals surface area contributed by atoms with Gasteiger partial charge in [0.2, 0.25) is 0 Å². The van der Waals surface area contributed by atoms with Gasteiger partial charge in [-0.2, -0.15) is 0 Å². The summed E-state index contributed by atoms with van der Waals surface area (Å²) in [5.74, 6) is -0.111. The molecule has 0 radical (unpaired) electrons. The van der Waals surface area contributed by atoms with Gasteiger partial charge >= 0.3 is 0 Å². The van der Waals surface area contributed by atoms with Crippen molar-refractivity contribution in [2.24, 2.45) is 0 Å². The summed E-state index contributed by atoms with van der Waals surface area (Å²) in [5.41, 5.74) is 7.79. The van der Waals surface area contributed by atoms with Crippen molar-refractivity contribution in [3.63, 3.8) is 0 Å². The third kappa shape index (κ3) is 4.44. The van der Waals surface area contributed by atoms with Crippen LogP contribution in [0.1, 0.15) is 23.7 Å². The Bertz CT molecular complexity index is 433. The van der Waals surface area contributed by atoms with Gasteiger partial charge in [0.1, 0.15) is 0 Å². The van der Waals surface area contributed by atoms with Crippen LogP contribution in [0.25, 0.3) is 0 Å². The molecule has 0 aromatic heterocycles. The summed E-state index contributed by atoms with van der Waals surface area (Å²) in [5, 5.41) is 2.95. The van der Waals surface area contributed by atoms with Gasteiger partial charge in [-0.05, 0) is 31.5 Å². The van der Waals surface area contributed by atoms with Gasteiger partial charge in [0, 0.05) is 45.2 Å². The molecule has 1 rings (SSSR count). The number of nitrogen functional groups attached to an aromatic ring is 1. The normalized spacial score (nSPS) is 12.0. The number of carbonyl (C=O) groups is 1. The van der Waals surface area contributed by atoms with E-state index in [1.165, 1.54) is 0 Å². The molecular weight excluding hydrogens is 242 g/mol. The van der Waals surface area contributed by atoms with Crippen LogP contribution in [0.5, 0.6) is 0 Å². The second-order valence-corrected chi connectivity index (χ2v) is 4.83. The lowest BCUT2D eigenvalue weighted by Crippen LogP contribution is -2.34. The molecule has 1 amide bonds. The fraction of sp³-hybridized carbons (Fsp3) is 0.500. The molecule has 1 aromatic rings. The van der Waals surface area contributed by atoms with Gasteiger partial charge in [0.15, 0.2) is 0 Å². The average Bonchev–Trinajstić information content (AvgIpc) is 2.35. The first-order chi connectivity index (χ1) is 8.95. The van der Waals surface area contributed by atoms with E-state index in [1.54, 1.807) is 19.2 Å². The van der Waals surface area contributed by atoms with E-state index in [9.17, 15) is 4.79 Å². The summed E-state index contributed by atoms with van der Waals surface area (Å²) >= 11 is 0. The Morgan fingerprint density at radius 3 is 2.74 bits per heavy atom. The van der Waals surface area contributed by atoms with Crippen LogP contribution in [-0.4, -0.2) is 39.8 Å². The number of rotatable bonds is 6. The lowest BCUT2D eigenvalue weighted by Gasteiger charge is -2.19. The molecule has 0 aliphatic carbocycles. The van der Waals surface area contributed by atoms with Crippen molar-refractivity contribution in [2.75, 3.05) is 38.4 Å². The molecule has 0 bridgehead atoms. The van der Waals surface area contributed by atoms with E-state index in [-0.39, 0.29) is 11.9 Å². The van der Waals surface area contributed by atoms with Crippen molar-refractivity contribution in [1.29, 1.82) is 0 Å². The maximum Gasteiger partial charge on any atom is 0.253 e. The van der Waals surface area contributed by atoms with Gasteiger partial charge in [-0.1, -0.05) is 0 Å². The molecule has 0 saturated heterocycles. The lowest BCUT2D eigenvalue weighted by molar-refractivity contribution is 0.0930. The molecule has 0 fully saturated rings. The molecule has 1 aromatic carbocycles. The number of nitrogens with two attached hydrogens (primary N) is 1. The van der Waals surface area contributed by atoms with Crippen molar-refractivity contribution in [3.8, 4) is 0 Å². The summed E-state index contributed by atoms with van der Waals surface area (Å²) in [7, 11) is 5.45. The number of nitrogens with one attached hydrogen (secondary N) is 1. The number of amides is 1. The van der Waals surface area contributed by atoms with Crippen molar-refractivity contribution in [2.45, 2.75) is 19.4 Å². The van der Waals surface area contributed by atoms with Crippen LogP contribution in [0.15, 0.2) is 18.2 Å². The minimum Gasteiger partial charge on any atom is -0.399 e. The molecule has 106 valence electrons. The Morgan fingerprint density at radius 1 is 1.47 bits per heavy atom. The monoisotopic (exact) mass is 265 g/mol. The molecule has 1 unspecified atom stereocenters. The van der Waals surface area contributed by atoms with Crippen LogP contribution in [0, 0.1) is 0 Å². The number of ether oxygens (including phenoxy) is 1. The molecule has 3 N–H and O–H groups in total. The van der Waals surface area contributed by atoms with Crippen molar-refractivity contribution in [1.82, 2.24) is 5.32 Å². The van der Waals surface area contributed by atoms with Gasteiger partial charge in [0.05, 0.1) is 5.56 Å². The van der Waals surface area contributed by atoms with E-state index >= 15 is 0 Å². The van der Waals surface area contributed by atoms with Crippen molar-refractivity contribution >= 4 is 17.3 Å². The molecule has 0 aliphatic rings. The smallest absolute Gasteiger partial charge is 0.253 e. The highest BCUT2D eigenvalue weighted by molar-refractivity contribution is 6.00. The van der Waals surface area contributed by atoms with E-state index in [4.69, 9.17) is 10.5 Å². The molecule has 19 heavy (non-hydrogen) atoms. The largest absolute Gasteiger partial charge is 0.399 e. The molecule has 0 aliphatic heterocycles. The summed E-state index contributed by atoms with van der Waals surface area (Å²) < 4.78 is 5.00. The second kappa shape index (κ2) is 6.99. The first kappa shape index (κ1) is 15.3. The van der Waals surface area contributed by atoms with Gasteiger partial charge in [0.25, 0.3) is 5.91 Å². The third-order valence-corrected chi connectivity index (χ3v) is 2.88. The third-order valence-electron chi connectivity index (χ3n) is 2.88. The maximum absolute atomic E-state index is 12.3. The predicted octanol–water partition coefficient (Wildman–Crippen LogP) is 1.49. The number of methoxy groups -OCH3 is 1. The van der Waals surface area contributed by atoms with Gasteiger partial charge < -0.3 is 20.7 Å². The zero-order chi connectivity index (χ0) is 14.4. The molecular formula is C14H23N3O2.